The Morgan fingerprint density at radius 1 is 1.22 bits per heavy atom. The SMILES string of the molecule is CC(C)Cc1c(C(=O)O)c(C(F)F)nc(C(F)(F)F)c1C(=O)Cl. The molecule has 0 saturated carbocycles. The van der Waals surface area contributed by atoms with Crippen molar-refractivity contribution in [2.75, 3.05) is 0 Å². The van der Waals surface area contributed by atoms with Crippen LogP contribution in [0.2, 0.25) is 0 Å². The molecule has 0 aliphatic heterocycles. The van der Waals surface area contributed by atoms with E-state index in [2.05, 4.69) is 4.98 Å². The number of carbonyl (C=O) groups is 2. The number of carbonyl (C=O) groups excluding carboxylic acids is 1. The van der Waals surface area contributed by atoms with Gasteiger partial charge in [-0.05, 0) is 29.5 Å². The molecular formula is C13H11ClF5NO3. The molecule has 4 nitrogen and oxygen atoms in total. The van der Waals surface area contributed by atoms with Gasteiger partial charge in [-0.15, -0.1) is 0 Å². The second-order valence-electron chi connectivity index (χ2n) is 5.05. The lowest BCUT2D eigenvalue weighted by Crippen LogP contribution is -2.23. The molecule has 1 aromatic rings. The van der Waals surface area contributed by atoms with E-state index in [0.717, 1.165) is 0 Å². The summed E-state index contributed by atoms with van der Waals surface area (Å²) in [5, 5.41) is 7.49. The molecule has 0 fully saturated rings. The van der Waals surface area contributed by atoms with Gasteiger partial charge in [-0.3, -0.25) is 4.79 Å². The normalized spacial score (nSPS) is 12.1. The summed E-state index contributed by atoms with van der Waals surface area (Å²) in [5.74, 6) is -2.33. The molecular weight excluding hydrogens is 349 g/mol. The average molecular weight is 360 g/mol. The minimum Gasteiger partial charge on any atom is -0.478 e. The van der Waals surface area contributed by atoms with Crippen LogP contribution in [0.3, 0.4) is 0 Å². The largest absolute Gasteiger partial charge is 0.478 e. The van der Waals surface area contributed by atoms with Gasteiger partial charge in [0.15, 0.2) is 5.69 Å². The van der Waals surface area contributed by atoms with Gasteiger partial charge in [-0.1, -0.05) is 13.8 Å². The van der Waals surface area contributed by atoms with Gasteiger partial charge in [0.25, 0.3) is 11.7 Å². The van der Waals surface area contributed by atoms with Crippen molar-refractivity contribution in [1.82, 2.24) is 4.98 Å². The average Bonchev–Trinajstić information content (AvgIpc) is 2.34. The molecule has 0 unspecified atom stereocenters. The summed E-state index contributed by atoms with van der Waals surface area (Å²) >= 11 is 5.15. The molecule has 1 heterocycles. The van der Waals surface area contributed by atoms with Crippen molar-refractivity contribution in [3.05, 3.63) is 28.1 Å². The third kappa shape index (κ3) is 4.15. The maximum atomic E-state index is 13.0. The Hall–Kier alpha value is -1.77. The standard InChI is InChI=1S/C13H11ClF5NO3/c1-4(2)3-5-6(12(22)23)8(11(15)16)20-9(13(17,18)19)7(5)10(14)21/h4,11H,3H2,1-2H3,(H,22,23). The number of hydrogen-bond donors (Lipinski definition) is 1. The van der Waals surface area contributed by atoms with E-state index in [-0.39, 0.29) is 6.42 Å². The Bertz CT molecular complexity index is 643. The number of carboxylic acids is 1. The van der Waals surface area contributed by atoms with E-state index in [1.54, 1.807) is 0 Å². The van der Waals surface area contributed by atoms with Crippen molar-refractivity contribution in [3.8, 4) is 0 Å². The summed E-state index contributed by atoms with van der Waals surface area (Å²) in [5.41, 5.74) is -6.46. The molecule has 0 saturated heterocycles. The van der Waals surface area contributed by atoms with E-state index in [9.17, 15) is 31.5 Å². The van der Waals surface area contributed by atoms with Crippen LogP contribution in [0.1, 0.15) is 57.9 Å². The molecule has 0 spiro atoms. The predicted molar refractivity (Wildman–Crippen MR) is 69.9 cm³/mol. The zero-order chi connectivity index (χ0) is 18.1. The lowest BCUT2D eigenvalue weighted by Gasteiger charge is -2.19. The summed E-state index contributed by atoms with van der Waals surface area (Å²) in [4.78, 5) is 25.4. The van der Waals surface area contributed by atoms with Gasteiger partial charge in [0.2, 0.25) is 0 Å². The van der Waals surface area contributed by atoms with Crippen LogP contribution in [-0.2, 0) is 12.6 Å². The molecule has 10 heteroatoms. The first kappa shape index (κ1) is 19.3. The molecule has 1 rings (SSSR count). The van der Waals surface area contributed by atoms with Crippen molar-refractivity contribution in [3.63, 3.8) is 0 Å². The van der Waals surface area contributed by atoms with E-state index < -0.39 is 57.8 Å². The molecule has 1 aromatic heterocycles. The maximum absolute atomic E-state index is 13.0. The van der Waals surface area contributed by atoms with Gasteiger partial charge < -0.3 is 5.11 Å². The summed E-state index contributed by atoms with van der Waals surface area (Å²) in [6.07, 6.45) is -9.17. The smallest absolute Gasteiger partial charge is 0.434 e. The third-order valence-electron chi connectivity index (χ3n) is 2.83. The van der Waals surface area contributed by atoms with Gasteiger partial charge >= 0.3 is 12.1 Å². The summed E-state index contributed by atoms with van der Waals surface area (Å²) in [6, 6.07) is 0. The highest BCUT2D eigenvalue weighted by Crippen LogP contribution is 2.38. The number of hydrogen-bond acceptors (Lipinski definition) is 3. The molecule has 0 amide bonds. The summed E-state index contributed by atoms with van der Waals surface area (Å²) in [6.45, 7) is 3.04. The molecule has 23 heavy (non-hydrogen) atoms. The third-order valence-corrected chi connectivity index (χ3v) is 3.02. The number of rotatable bonds is 5. The molecule has 1 N–H and O–H groups in total. The van der Waals surface area contributed by atoms with Crippen LogP contribution in [0.15, 0.2) is 0 Å². The number of nitrogens with zero attached hydrogens (tertiary/aromatic N) is 1. The number of pyridine rings is 1. The zero-order valence-corrected chi connectivity index (χ0v) is 12.6. The predicted octanol–water partition coefficient (Wildman–Crippen LogP) is 4.31. The van der Waals surface area contributed by atoms with Crippen LogP contribution >= 0.6 is 11.6 Å². The first-order valence-electron chi connectivity index (χ1n) is 6.23. The second-order valence-corrected chi connectivity index (χ2v) is 5.39. The molecule has 0 bridgehead atoms. The molecule has 128 valence electrons. The fraction of sp³-hybridized carbons (Fsp3) is 0.462. The zero-order valence-electron chi connectivity index (χ0n) is 11.8. The summed E-state index contributed by atoms with van der Waals surface area (Å²) in [7, 11) is 0. The Kier molecular flexibility index (Phi) is 5.68. The highest BCUT2D eigenvalue weighted by atomic mass is 35.5. The van der Waals surface area contributed by atoms with Crippen molar-refractivity contribution in [2.45, 2.75) is 32.9 Å². The monoisotopic (exact) mass is 359 g/mol. The van der Waals surface area contributed by atoms with Crippen LogP contribution in [-0.4, -0.2) is 21.3 Å². The van der Waals surface area contributed by atoms with Crippen LogP contribution in [0.4, 0.5) is 22.0 Å². The Balaban J connectivity index is 4.00. The molecule has 0 aliphatic carbocycles. The lowest BCUT2D eigenvalue weighted by atomic mass is 9.91. The number of carboxylic acid groups (broad SMARTS) is 1. The van der Waals surface area contributed by atoms with Gasteiger partial charge in [0.1, 0.15) is 5.69 Å². The first-order chi connectivity index (χ1) is 10.4. The van der Waals surface area contributed by atoms with E-state index in [4.69, 9.17) is 16.7 Å². The highest BCUT2D eigenvalue weighted by molar-refractivity contribution is 6.68. The fourth-order valence-electron chi connectivity index (χ4n) is 2.08. The van der Waals surface area contributed by atoms with Crippen LogP contribution < -0.4 is 0 Å². The molecule has 0 aliphatic rings. The minimum atomic E-state index is -5.24. The van der Waals surface area contributed by atoms with Gasteiger partial charge in [0.05, 0.1) is 11.1 Å². The van der Waals surface area contributed by atoms with Crippen LogP contribution in [0, 0.1) is 5.92 Å². The van der Waals surface area contributed by atoms with E-state index >= 15 is 0 Å². The fourth-order valence-corrected chi connectivity index (χ4v) is 2.28. The van der Waals surface area contributed by atoms with Gasteiger partial charge in [0, 0.05) is 0 Å². The van der Waals surface area contributed by atoms with Crippen LogP contribution in [0.5, 0.6) is 0 Å². The Morgan fingerprint density at radius 2 is 1.74 bits per heavy atom. The van der Waals surface area contributed by atoms with Crippen molar-refractivity contribution in [1.29, 1.82) is 0 Å². The molecule has 0 atom stereocenters. The maximum Gasteiger partial charge on any atom is 0.434 e. The van der Waals surface area contributed by atoms with Gasteiger partial charge in [-0.25, -0.2) is 18.6 Å². The van der Waals surface area contributed by atoms with Gasteiger partial charge in [-0.2, -0.15) is 13.2 Å². The van der Waals surface area contributed by atoms with E-state index in [0.29, 0.717) is 0 Å². The van der Waals surface area contributed by atoms with Crippen molar-refractivity contribution in [2.24, 2.45) is 5.92 Å². The lowest BCUT2D eigenvalue weighted by molar-refractivity contribution is -0.141. The van der Waals surface area contributed by atoms with Crippen molar-refractivity contribution >= 4 is 22.8 Å². The molecule has 0 aromatic carbocycles. The molecule has 0 radical (unpaired) electrons. The van der Waals surface area contributed by atoms with E-state index in [1.807, 2.05) is 0 Å². The van der Waals surface area contributed by atoms with Crippen molar-refractivity contribution < 1.29 is 36.6 Å². The number of aromatic carboxylic acids is 1. The van der Waals surface area contributed by atoms with E-state index in [1.165, 1.54) is 13.8 Å². The Labute approximate surface area is 132 Å². The summed E-state index contributed by atoms with van der Waals surface area (Å²) < 4.78 is 65.1. The second kappa shape index (κ2) is 6.77. The minimum absolute atomic E-state index is 0.360. The highest BCUT2D eigenvalue weighted by Gasteiger charge is 2.42. The number of alkyl halides is 5. The number of halogens is 6. The quantitative estimate of drug-likeness (QED) is 0.628. The Morgan fingerprint density at radius 3 is 2.04 bits per heavy atom. The van der Waals surface area contributed by atoms with Crippen LogP contribution in [0.25, 0.3) is 0 Å². The topological polar surface area (TPSA) is 67.3 Å². The first-order valence-corrected chi connectivity index (χ1v) is 6.60. The number of aromatic nitrogens is 1.